The van der Waals surface area contributed by atoms with Gasteiger partial charge in [-0.25, -0.2) is 18.4 Å². The van der Waals surface area contributed by atoms with Crippen LogP contribution in [0.15, 0.2) is 12.4 Å². The van der Waals surface area contributed by atoms with E-state index in [1.165, 1.54) is 12.4 Å². The number of anilines is 1. The van der Waals surface area contributed by atoms with Crippen LogP contribution < -0.4 is 10.6 Å². The van der Waals surface area contributed by atoms with Crippen LogP contribution in [0.5, 0.6) is 0 Å². The third-order valence-electron chi connectivity index (χ3n) is 3.00. The normalized spacial score (nSPS) is 21.7. The second kappa shape index (κ2) is 4.77. The molecule has 18 heavy (non-hydrogen) atoms. The molecular formula is C10H14N4O2S2. The average molecular weight is 286 g/mol. The van der Waals surface area contributed by atoms with Gasteiger partial charge < -0.3 is 10.6 Å². The van der Waals surface area contributed by atoms with Crippen LogP contribution in [0.1, 0.15) is 12.1 Å². The van der Waals surface area contributed by atoms with Gasteiger partial charge in [0.25, 0.3) is 0 Å². The van der Waals surface area contributed by atoms with Gasteiger partial charge in [0.1, 0.15) is 10.7 Å². The van der Waals surface area contributed by atoms with Crippen LogP contribution in [0, 0.1) is 0 Å². The number of hydrogen-bond acceptors (Lipinski definition) is 6. The molecule has 2 heterocycles. The van der Waals surface area contributed by atoms with E-state index < -0.39 is 9.84 Å². The van der Waals surface area contributed by atoms with E-state index in [1.54, 1.807) is 11.9 Å². The molecule has 1 fully saturated rings. The molecule has 98 valence electrons. The summed E-state index contributed by atoms with van der Waals surface area (Å²) >= 11 is 4.92. The van der Waals surface area contributed by atoms with E-state index in [-0.39, 0.29) is 22.5 Å². The Balaban J connectivity index is 2.30. The lowest BCUT2D eigenvalue weighted by atomic mass is 10.2. The van der Waals surface area contributed by atoms with Crippen molar-refractivity contribution < 1.29 is 8.42 Å². The summed E-state index contributed by atoms with van der Waals surface area (Å²) < 4.78 is 23.0. The summed E-state index contributed by atoms with van der Waals surface area (Å²) in [6.45, 7) is 0. The van der Waals surface area contributed by atoms with E-state index in [1.807, 2.05) is 0 Å². The summed E-state index contributed by atoms with van der Waals surface area (Å²) in [4.78, 5) is 10.2. The van der Waals surface area contributed by atoms with Crippen LogP contribution in [-0.4, -0.2) is 48.0 Å². The first kappa shape index (κ1) is 13.2. The Morgan fingerprint density at radius 1 is 1.50 bits per heavy atom. The van der Waals surface area contributed by atoms with Crippen molar-refractivity contribution in [2.24, 2.45) is 5.73 Å². The minimum atomic E-state index is -2.94. The first-order chi connectivity index (χ1) is 8.41. The maximum atomic E-state index is 11.5. The molecular weight excluding hydrogens is 272 g/mol. The van der Waals surface area contributed by atoms with Gasteiger partial charge in [0, 0.05) is 25.5 Å². The molecule has 2 N–H and O–H groups in total. The highest BCUT2D eigenvalue weighted by Gasteiger charge is 2.32. The first-order valence-corrected chi connectivity index (χ1v) is 7.68. The molecule has 0 aliphatic carbocycles. The van der Waals surface area contributed by atoms with E-state index in [4.69, 9.17) is 18.0 Å². The van der Waals surface area contributed by atoms with Gasteiger partial charge in [-0.2, -0.15) is 0 Å². The Kier molecular flexibility index (Phi) is 3.49. The predicted octanol–water partition coefficient (Wildman–Crippen LogP) is -0.266. The summed E-state index contributed by atoms with van der Waals surface area (Å²) in [5.74, 6) is 0.883. The zero-order chi connectivity index (χ0) is 13.3. The number of nitrogens with zero attached hydrogens (tertiary/aromatic N) is 3. The fourth-order valence-corrected chi connectivity index (χ4v) is 3.93. The molecule has 0 spiro atoms. The Hall–Kier alpha value is -1.28. The molecule has 1 saturated heterocycles. The fourth-order valence-electron chi connectivity index (χ4n) is 2.02. The van der Waals surface area contributed by atoms with Crippen molar-refractivity contribution >= 4 is 32.9 Å². The zero-order valence-corrected chi connectivity index (χ0v) is 11.5. The lowest BCUT2D eigenvalue weighted by molar-refractivity contribution is 0.600. The number of nitrogens with two attached hydrogens (primary N) is 1. The van der Waals surface area contributed by atoms with Gasteiger partial charge in [0.2, 0.25) is 0 Å². The smallest absolute Gasteiger partial charge is 0.157 e. The summed E-state index contributed by atoms with van der Waals surface area (Å²) in [7, 11) is -1.15. The maximum absolute atomic E-state index is 11.5. The van der Waals surface area contributed by atoms with Crippen molar-refractivity contribution in [1.82, 2.24) is 9.97 Å². The summed E-state index contributed by atoms with van der Waals surface area (Å²) in [6.07, 6.45) is 3.64. The Labute approximate surface area is 111 Å². The van der Waals surface area contributed by atoms with Crippen molar-refractivity contribution in [2.75, 3.05) is 23.5 Å². The standard InChI is InChI=1S/C10H14N4O2S2/c1-14(7-2-5-18(15,16)6-7)10-8(9(11)17)12-3-4-13-10/h3-4,7H,2,5-6H2,1H3,(H2,11,17). The second-order valence-corrected chi connectivity index (χ2v) is 6.93. The molecule has 8 heteroatoms. The lowest BCUT2D eigenvalue weighted by Crippen LogP contribution is -2.35. The molecule has 1 unspecified atom stereocenters. The molecule has 2 rings (SSSR count). The number of hydrogen-bond donors (Lipinski definition) is 1. The largest absolute Gasteiger partial charge is 0.388 e. The van der Waals surface area contributed by atoms with E-state index in [0.717, 1.165) is 0 Å². The third-order valence-corrected chi connectivity index (χ3v) is 4.95. The van der Waals surface area contributed by atoms with Crippen molar-refractivity contribution in [1.29, 1.82) is 0 Å². The van der Waals surface area contributed by atoms with E-state index in [2.05, 4.69) is 9.97 Å². The number of rotatable bonds is 3. The molecule has 1 aliphatic heterocycles. The fraction of sp³-hybridized carbons (Fsp3) is 0.500. The van der Waals surface area contributed by atoms with Crippen molar-refractivity contribution in [2.45, 2.75) is 12.5 Å². The monoisotopic (exact) mass is 286 g/mol. The molecule has 0 aromatic carbocycles. The van der Waals surface area contributed by atoms with Crippen molar-refractivity contribution in [3.63, 3.8) is 0 Å². The minimum Gasteiger partial charge on any atom is -0.388 e. The molecule has 0 saturated carbocycles. The van der Waals surface area contributed by atoms with Gasteiger partial charge in [-0.05, 0) is 6.42 Å². The Bertz CT molecular complexity index is 573. The van der Waals surface area contributed by atoms with E-state index in [0.29, 0.717) is 17.9 Å². The summed E-state index contributed by atoms with van der Waals surface area (Å²) in [6, 6.07) is -0.0974. The maximum Gasteiger partial charge on any atom is 0.157 e. The third kappa shape index (κ3) is 2.59. The van der Waals surface area contributed by atoms with Gasteiger partial charge in [-0.1, -0.05) is 12.2 Å². The molecule has 0 radical (unpaired) electrons. The quantitative estimate of drug-likeness (QED) is 0.765. The van der Waals surface area contributed by atoms with Crippen LogP contribution in [0.25, 0.3) is 0 Å². The Morgan fingerprint density at radius 2 is 2.17 bits per heavy atom. The first-order valence-electron chi connectivity index (χ1n) is 5.45. The zero-order valence-electron chi connectivity index (χ0n) is 9.91. The van der Waals surface area contributed by atoms with Crippen LogP contribution in [-0.2, 0) is 9.84 Å². The van der Waals surface area contributed by atoms with E-state index >= 15 is 0 Å². The molecule has 0 bridgehead atoms. The van der Waals surface area contributed by atoms with E-state index in [9.17, 15) is 8.42 Å². The minimum absolute atomic E-state index is 0.0974. The van der Waals surface area contributed by atoms with Crippen LogP contribution in [0.4, 0.5) is 5.82 Å². The van der Waals surface area contributed by atoms with Gasteiger partial charge in [0.15, 0.2) is 15.7 Å². The van der Waals surface area contributed by atoms with Gasteiger partial charge in [-0.15, -0.1) is 0 Å². The molecule has 1 aromatic rings. The molecule has 0 amide bonds. The van der Waals surface area contributed by atoms with Gasteiger partial charge in [0.05, 0.1) is 11.5 Å². The van der Waals surface area contributed by atoms with Crippen LogP contribution in [0.3, 0.4) is 0 Å². The van der Waals surface area contributed by atoms with Crippen LogP contribution >= 0.6 is 12.2 Å². The second-order valence-electron chi connectivity index (χ2n) is 4.26. The molecule has 1 aliphatic rings. The number of thiocarbonyl (C=S) groups is 1. The number of aromatic nitrogens is 2. The van der Waals surface area contributed by atoms with Crippen LogP contribution in [0.2, 0.25) is 0 Å². The highest BCUT2D eigenvalue weighted by Crippen LogP contribution is 2.22. The SMILES string of the molecule is CN(c1nccnc1C(N)=S)C1CCS(=O)(=O)C1. The predicted molar refractivity (Wildman–Crippen MR) is 73.4 cm³/mol. The van der Waals surface area contributed by atoms with Gasteiger partial charge in [-0.3, -0.25) is 0 Å². The Morgan fingerprint density at radius 3 is 2.72 bits per heavy atom. The topological polar surface area (TPSA) is 89.2 Å². The summed E-state index contributed by atoms with van der Waals surface area (Å²) in [5.41, 5.74) is 6.02. The molecule has 6 nitrogen and oxygen atoms in total. The lowest BCUT2D eigenvalue weighted by Gasteiger charge is -2.25. The average Bonchev–Trinajstić information content (AvgIpc) is 2.68. The highest BCUT2D eigenvalue weighted by atomic mass is 32.2. The molecule has 1 atom stereocenters. The highest BCUT2D eigenvalue weighted by molar-refractivity contribution is 7.91. The van der Waals surface area contributed by atoms with Crippen molar-refractivity contribution in [3.05, 3.63) is 18.1 Å². The van der Waals surface area contributed by atoms with Gasteiger partial charge >= 0.3 is 0 Å². The molecule has 1 aromatic heterocycles. The number of sulfone groups is 1. The van der Waals surface area contributed by atoms with Crippen molar-refractivity contribution in [3.8, 4) is 0 Å². The summed E-state index contributed by atoms with van der Waals surface area (Å²) in [5, 5.41) is 0.